The van der Waals surface area contributed by atoms with E-state index in [1.54, 1.807) is 6.20 Å². The molecular weight excluding hydrogens is 668 g/mol. The molecule has 1 aliphatic carbocycles. The number of amides is 2. The number of carbonyl (C=O) groups excluding carboxylic acids is 2. The van der Waals surface area contributed by atoms with Gasteiger partial charge in [0.2, 0.25) is 23.6 Å². The Hall–Kier alpha value is -5.84. The minimum atomic E-state index is -1.01. The fourth-order valence-electron chi connectivity index (χ4n) is 9.51. The Morgan fingerprint density at radius 2 is 1.81 bits per heavy atom. The van der Waals surface area contributed by atoms with E-state index in [9.17, 15) is 9.59 Å². The first kappa shape index (κ1) is 30.8. The molecule has 3 aromatic heterocycles. The lowest BCUT2D eigenvalue weighted by Crippen LogP contribution is -2.51. The van der Waals surface area contributed by atoms with Crippen LogP contribution in [0.2, 0.25) is 0 Å². The first-order valence-corrected chi connectivity index (χ1v) is 18.8. The number of anilines is 1. The van der Waals surface area contributed by atoms with Crippen molar-refractivity contribution in [1.29, 1.82) is 0 Å². The number of ether oxygens (including phenoxy) is 1. The fraction of sp³-hybridized carbons (Fsp3) is 0.333. The molecule has 4 aliphatic heterocycles. The molecule has 10 bridgehead atoms. The van der Waals surface area contributed by atoms with Crippen LogP contribution in [0.3, 0.4) is 0 Å². The molecule has 4 atom stereocenters. The molecule has 7 heterocycles. The SMILES string of the molecule is CC(C)[C@@H]1NC(=O)[C@@H](NC(=O)C2CCCCC2)Cc2ccc3c(c2)C24c5cccc(c5NC2O3)-c2cccc3[nH]cc(c23)-c2cnc(o2)-c2nc1oc24. The molecule has 3 aromatic carbocycles. The quantitative estimate of drug-likeness (QED) is 0.149. The fourth-order valence-corrected chi connectivity index (χ4v) is 9.51. The highest BCUT2D eigenvalue weighted by Crippen LogP contribution is 2.61. The first-order chi connectivity index (χ1) is 25.9. The van der Waals surface area contributed by atoms with Crippen molar-refractivity contribution in [3.63, 3.8) is 0 Å². The number of hydrogen-bond acceptors (Lipinski definition) is 8. The number of H-pyrrole nitrogens is 1. The van der Waals surface area contributed by atoms with E-state index in [0.717, 1.165) is 82.1 Å². The van der Waals surface area contributed by atoms with Crippen molar-refractivity contribution in [2.24, 2.45) is 11.8 Å². The molecule has 2 amide bonds. The Morgan fingerprint density at radius 3 is 2.68 bits per heavy atom. The summed E-state index contributed by atoms with van der Waals surface area (Å²) in [4.78, 5) is 41.4. The summed E-state index contributed by atoms with van der Waals surface area (Å²) in [5, 5.41) is 11.2. The van der Waals surface area contributed by atoms with Crippen LogP contribution >= 0.6 is 0 Å². The third kappa shape index (κ3) is 4.27. The normalized spacial score (nSPS) is 23.8. The molecule has 11 rings (SSSR count). The predicted molar refractivity (Wildman–Crippen MR) is 197 cm³/mol. The maximum atomic E-state index is 14.3. The molecule has 6 aromatic rings. The minimum absolute atomic E-state index is 0.0633. The second-order valence-electron chi connectivity index (χ2n) is 15.5. The molecule has 11 heteroatoms. The van der Waals surface area contributed by atoms with Gasteiger partial charge in [-0.2, -0.15) is 0 Å². The number of fused-ring (bicyclic) bond motifs is 7. The number of rotatable bonds is 3. The van der Waals surface area contributed by atoms with Crippen LogP contribution in [0, 0.1) is 11.8 Å². The van der Waals surface area contributed by atoms with Gasteiger partial charge in [0.05, 0.1) is 6.20 Å². The van der Waals surface area contributed by atoms with Crippen molar-refractivity contribution in [3.05, 3.63) is 95.3 Å². The topological polar surface area (TPSA) is 147 Å². The molecular formula is C42H38N6O5. The van der Waals surface area contributed by atoms with Gasteiger partial charge in [-0.1, -0.05) is 75.6 Å². The van der Waals surface area contributed by atoms with Gasteiger partial charge in [0.1, 0.15) is 23.2 Å². The molecule has 0 radical (unpaired) electrons. The number of nitrogens with zero attached hydrogens (tertiary/aromatic N) is 2. The molecule has 2 unspecified atom stereocenters. The highest BCUT2D eigenvalue weighted by molar-refractivity contribution is 6.07. The largest absolute Gasteiger partial charge is 0.469 e. The Balaban J connectivity index is 1.18. The number of carbonyl (C=O) groups is 2. The van der Waals surface area contributed by atoms with E-state index >= 15 is 0 Å². The van der Waals surface area contributed by atoms with Crippen LogP contribution in [0.4, 0.5) is 5.69 Å². The van der Waals surface area contributed by atoms with Gasteiger partial charge in [-0.05, 0) is 42.0 Å². The zero-order valence-corrected chi connectivity index (χ0v) is 29.4. The predicted octanol–water partition coefficient (Wildman–Crippen LogP) is 7.37. The Labute approximate surface area is 304 Å². The third-order valence-electron chi connectivity index (χ3n) is 12.1. The van der Waals surface area contributed by atoms with E-state index in [0.29, 0.717) is 41.2 Å². The zero-order valence-electron chi connectivity index (χ0n) is 29.4. The average Bonchev–Trinajstić information content (AvgIpc) is 4.00. The second kappa shape index (κ2) is 11.1. The van der Waals surface area contributed by atoms with E-state index < -0.39 is 23.7 Å². The number of benzene rings is 3. The van der Waals surface area contributed by atoms with Crippen molar-refractivity contribution >= 4 is 28.4 Å². The Kier molecular flexibility index (Phi) is 6.43. The van der Waals surface area contributed by atoms with Crippen LogP contribution in [-0.2, 0) is 21.4 Å². The Bertz CT molecular complexity index is 2500. The molecule has 5 aliphatic rings. The summed E-state index contributed by atoms with van der Waals surface area (Å²) in [5.74, 6) is 1.92. The molecule has 53 heavy (non-hydrogen) atoms. The standard InChI is InChI=1S/C42H38N6O5/c1-20(2)33-40-47-35-36(53-40)42-26-12-6-11-24(23-10-7-13-28-32(23)25(18-43-28)31-19-44-39(35)51-31)34(26)48-41(42)52-30-15-14-21(16-27(30)42)17-29(38(50)46-33)45-37(49)22-8-4-3-5-9-22/h6-7,10-16,18-20,22,29,33,41,43,48H,3-5,8-9,17H2,1-2H3,(H,45,49)(H,46,50)/t29-,33-,41?,42?/m0/s1. The van der Waals surface area contributed by atoms with E-state index in [2.05, 4.69) is 63.4 Å². The first-order valence-electron chi connectivity index (χ1n) is 18.8. The highest BCUT2D eigenvalue weighted by atomic mass is 16.5. The summed E-state index contributed by atoms with van der Waals surface area (Å²) in [5.41, 5.74) is 7.06. The monoisotopic (exact) mass is 706 g/mol. The summed E-state index contributed by atoms with van der Waals surface area (Å²) >= 11 is 0. The lowest BCUT2D eigenvalue weighted by molar-refractivity contribution is -0.132. The number of hydrogen-bond donors (Lipinski definition) is 4. The van der Waals surface area contributed by atoms with Gasteiger partial charge in [0.25, 0.3) is 0 Å². The summed E-state index contributed by atoms with van der Waals surface area (Å²) in [6, 6.07) is 17.3. The Morgan fingerprint density at radius 1 is 0.962 bits per heavy atom. The smallest absolute Gasteiger partial charge is 0.249 e. The third-order valence-corrected chi connectivity index (χ3v) is 12.1. The van der Waals surface area contributed by atoms with Gasteiger partial charge in [0, 0.05) is 57.4 Å². The molecule has 0 saturated heterocycles. The summed E-state index contributed by atoms with van der Waals surface area (Å²) < 4.78 is 20.5. The maximum Gasteiger partial charge on any atom is 0.249 e. The summed E-state index contributed by atoms with van der Waals surface area (Å²) in [6.07, 6.45) is 8.28. The van der Waals surface area contributed by atoms with Crippen LogP contribution in [-0.4, -0.2) is 39.0 Å². The van der Waals surface area contributed by atoms with Gasteiger partial charge >= 0.3 is 0 Å². The number of nitrogens with one attached hydrogen (secondary N) is 4. The summed E-state index contributed by atoms with van der Waals surface area (Å²) in [7, 11) is 0. The molecule has 266 valence electrons. The van der Waals surface area contributed by atoms with Crippen LogP contribution in [0.25, 0.3) is 44.9 Å². The van der Waals surface area contributed by atoms with Gasteiger partial charge in [-0.3, -0.25) is 9.59 Å². The lowest BCUT2D eigenvalue weighted by Gasteiger charge is -2.29. The van der Waals surface area contributed by atoms with Crippen LogP contribution in [0.5, 0.6) is 5.75 Å². The number of aromatic nitrogens is 3. The number of oxazole rings is 2. The van der Waals surface area contributed by atoms with Crippen molar-refractivity contribution in [2.75, 3.05) is 5.32 Å². The second-order valence-corrected chi connectivity index (χ2v) is 15.5. The lowest BCUT2D eigenvalue weighted by atomic mass is 9.72. The van der Waals surface area contributed by atoms with Crippen molar-refractivity contribution < 1.29 is 23.2 Å². The average molecular weight is 707 g/mol. The minimum Gasteiger partial charge on any atom is -0.469 e. The van der Waals surface area contributed by atoms with Gasteiger partial charge in [-0.15, -0.1) is 0 Å². The van der Waals surface area contributed by atoms with E-state index in [1.165, 1.54) is 0 Å². The van der Waals surface area contributed by atoms with Crippen molar-refractivity contribution in [3.8, 4) is 39.8 Å². The number of para-hydroxylation sites is 1. The van der Waals surface area contributed by atoms with E-state index in [-0.39, 0.29) is 23.7 Å². The van der Waals surface area contributed by atoms with Crippen LogP contribution in [0.1, 0.15) is 80.3 Å². The highest BCUT2D eigenvalue weighted by Gasteiger charge is 2.61. The van der Waals surface area contributed by atoms with E-state index in [4.69, 9.17) is 23.5 Å². The molecule has 1 fully saturated rings. The van der Waals surface area contributed by atoms with Crippen molar-refractivity contribution in [2.45, 2.75) is 76.1 Å². The van der Waals surface area contributed by atoms with Gasteiger partial charge in [-0.25, -0.2) is 9.97 Å². The molecule has 11 nitrogen and oxygen atoms in total. The molecule has 1 spiro atoms. The molecule has 4 N–H and O–H groups in total. The number of aromatic amines is 1. The van der Waals surface area contributed by atoms with Gasteiger partial charge in [0.15, 0.2) is 23.4 Å². The van der Waals surface area contributed by atoms with E-state index in [1.807, 2.05) is 32.2 Å². The zero-order chi connectivity index (χ0) is 35.6. The van der Waals surface area contributed by atoms with Crippen LogP contribution < -0.4 is 20.7 Å². The van der Waals surface area contributed by atoms with Gasteiger partial charge < -0.3 is 34.5 Å². The maximum absolute atomic E-state index is 14.3. The van der Waals surface area contributed by atoms with Crippen molar-refractivity contribution in [1.82, 2.24) is 25.6 Å². The van der Waals surface area contributed by atoms with Crippen LogP contribution in [0.15, 0.2) is 75.8 Å². The summed E-state index contributed by atoms with van der Waals surface area (Å²) in [6.45, 7) is 4.05. The molecule has 1 saturated carbocycles.